The highest BCUT2D eigenvalue weighted by Crippen LogP contribution is 2.29. The fourth-order valence-electron chi connectivity index (χ4n) is 6.20. The third-order valence-corrected chi connectivity index (χ3v) is 8.89. The molecule has 0 aromatic heterocycles. The predicted octanol–water partition coefficient (Wildman–Crippen LogP) is 11.3. The number of terminal acetylenes is 1. The standard InChI is InChI=1S/C26H34N2.C17H21N.C2H4/c1-7-10-12-19(4)22-15-20(5)24(11-8-2)23(18-22)16-21-13-14-25(28-9-3)26(17-21)27-6;1-5-14-7-8-15(6-2)16(11-14)12-18-10-9-17(18)13(3)4;1-2/h7,9-10,12-15,17-18,27-28H,3,8,11,16H2,1-2,4-6H3;1,7-8,11,17H,3,6,9-10,12H2,2,4H3;1-2H2/b10-7-,19-12+;;. The average Bonchev–Trinajstić information content (AvgIpc) is 3.08. The van der Waals surface area contributed by atoms with Crippen molar-refractivity contribution >= 4 is 16.9 Å². The average molecular weight is 642 g/mol. The Labute approximate surface area is 293 Å². The van der Waals surface area contributed by atoms with Crippen LogP contribution >= 0.6 is 0 Å². The van der Waals surface area contributed by atoms with Crippen molar-refractivity contribution in [2.45, 2.75) is 86.2 Å². The Balaban J connectivity index is 0.000000344. The fraction of sp³-hybridized carbons (Fsp3) is 0.333. The van der Waals surface area contributed by atoms with E-state index in [1.165, 1.54) is 63.1 Å². The van der Waals surface area contributed by atoms with Crippen LogP contribution < -0.4 is 10.6 Å². The van der Waals surface area contributed by atoms with E-state index >= 15 is 0 Å². The van der Waals surface area contributed by atoms with E-state index in [-0.39, 0.29) is 0 Å². The van der Waals surface area contributed by atoms with Crippen molar-refractivity contribution in [3.8, 4) is 12.3 Å². The third-order valence-electron chi connectivity index (χ3n) is 8.89. The molecular weight excluding hydrogens is 583 g/mol. The Kier molecular flexibility index (Phi) is 17.1. The van der Waals surface area contributed by atoms with Crippen molar-refractivity contribution in [3.63, 3.8) is 0 Å². The second-order valence-electron chi connectivity index (χ2n) is 12.3. The maximum Gasteiger partial charge on any atom is 0.0615 e. The lowest BCUT2D eigenvalue weighted by Gasteiger charge is -2.42. The molecule has 254 valence electrons. The normalized spacial score (nSPS) is 14.0. The SMILES string of the molecule is C#Cc1ccc(CC)c(CN2CCC2C(=C)C)c1.C=C.C=CNc1ccc(Cc2cc(/C(C)=C/C=C\C)cc(C)c2CCC)cc1NC. The molecule has 4 rings (SSSR count). The summed E-state index contributed by atoms with van der Waals surface area (Å²) in [5, 5.41) is 6.47. The molecule has 0 bridgehead atoms. The van der Waals surface area contributed by atoms with E-state index in [9.17, 15) is 0 Å². The van der Waals surface area contributed by atoms with Crippen LogP contribution in [-0.4, -0.2) is 24.5 Å². The lowest BCUT2D eigenvalue weighted by Crippen LogP contribution is -2.47. The van der Waals surface area contributed by atoms with Gasteiger partial charge in [-0.15, -0.1) is 19.6 Å². The fourth-order valence-corrected chi connectivity index (χ4v) is 6.20. The van der Waals surface area contributed by atoms with Crippen LogP contribution in [0.15, 0.2) is 105 Å². The van der Waals surface area contributed by atoms with Crippen molar-refractivity contribution in [3.05, 3.63) is 149 Å². The smallest absolute Gasteiger partial charge is 0.0615 e. The maximum atomic E-state index is 5.49. The van der Waals surface area contributed by atoms with E-state index in [0.717, 1.165) is 49.2 Å². The van der Waals surface area contributed by atoms with Crippen LogP contribution in [-0.2, 0) is 25.8 Å². The number of anilines is 2. The largest absolute Gasteiger partial charge is 0.386 e. The summed E-state index contributed by atoms with van der Waals surface area (Å²) >= 11 is 0. The Morgan fingerprint density at radius 1 is 1.02 bits per heavy atom. The van der Waals surface area contributed by atoms with E-state index in [4.69, 9.17) is 6.42 Å². The summed E-state index contributed by atoms with van der Waals surface area (Å²) in [6, 6.07) is 18.2. The van der Waals surface area contributed by atoms with E-state index < -0.39 is 0 Å². The zero-order valence-corrected chi connectivity index (χ0v) is 30.8. The Morgan fingerprint density at radius 3 is 2.33 bits per heavy atom. The van der Waals surface area contributed by atoms with Gasteiger partial charge in [0.1, 0.15) is 0 Å². The van der Waals surface area contributed by atoms with Gasteiger partial charge in [-0.25, -0.2) is 0 Å². The Morgan fingerprint density at radius 2 is 1.77 bits per heavy atom. The van der Waals surface area contributed by atoms with Crippen LogP contribution in [0.1, 0.15) is 92.0 Å². The van der Waals surface area contributed by atoms with Crippen LogP contribution in [0.25, 0.3) is 5.57 Å². The van der Waals surface area contributed by atoms with Gasteiger partial charge in [0.25, 0.3) is 0 Å². The Bertz CT molecular complexity index is 1610. The van der Waals surface area contributed by atoms with Gasteiger partial charge in [0.15, 0.2) is 0 Å². The van der Waals surface area contributed by atoms with Crippen molar-refractivity contribution in [1.29, 1.82) is 0 Å². The molecule has 0 amide bonds. The number of hydrogen-bond donors (Lipinski definition) is 2. The summed E-state index contributed by atoms with van der Waals surface area (Å²) in [5.41, 5.74) is 15.4. The number of nitrogens with zero attached hydrogens (tertiary/aromatic N) is 1. The van der Waals surface area contributed by atoms with Gasteiger partial charge in [-0.3, -0.25) is 4.90 Å². The molecular formula is C45H59N3. The number of likely N-dealkylation sites (tertiary alicyclic amines) is 1. The van der Waals surface area contributed by atoms with Gasteiger partial charge in [-0.2, -0.15) is 0 Å². The van der Waals surface area contributed by atoms with Gasteiger partial charge in [0.2, 0.25) is 0 Å². The molecule has 3 nitrogen and oxygen atoms in total. The minimum absolute atomic E-state index is 0.559. The lowest BCUT2D eigenvalue weighted by molar-refractivity contribution is 0.108. The molecule has 1 saturated heterocycles. The molecule has 2 N–H and O–H groups in total. The molecule has 1 fully saturated rings. The van der Waals surface area contributed by atoms with Gasteiger partial charge in [-0.05, 0) is 128 Å². The zero-order valence-electron chi connectivity index (χ0n) is 30.8. The number of nitrogens with one attached hydrogen (secondary N) is 2. The molecule has 0 saturated carbocycles. The number of aryl methyl sites for hydroxylation is 2. The van der Waals surface area contributed by atoms with Gasteiger partial charge in [0.05, 0.1) is 11.4 Å². The minimum atomic E-state index is 0.559. The van der Waals surface area contributed by atoms with Gasteiger partial charge < -0.3 is 10.6 Å². The first-order valence-corrected chi connectivity index (χ1v) is 17.3. The number of benzene rings is 3. The molecule has 3 heteroatoms. The predicted molar refractivity (Wildman–Crippen MR) is 215 cm³/mol. The summed E-state index contributed by atoms with van der Waals surface area (Å²) in [7, 11) is 1.95. The summed E-state index contributed by atoms with van der Waals surface area (Å²) in [4.78, 5) is 2.48. The number of allylic oxidation sites excluding steroid dienone is 4. The van der Waals surface area contributed by atoms with Gasteiger partial charge in [0, 0.05) is 31.7 Å². The molecule has 1 heterocycles. The topological polar surface area (TPSA) is 27.3 Å². The molecule has 0 aliphatic carbocycles. The van der Waals surface area contributed by atoms with Crippen LogP contribution in [0.5, 0.6) is 0 Å². The van der Waals surface area contributed by atoms with Crippen molar-refractivity contribution in [2.75, 3.05) is 24.2 Å². The molecule has 48 heavy (non-hydrogen) atoms. The first-order valence-electron chi connectivity index (χ1n) is 17.3. The van der Waals surface area contributed by atoms with Crippen LogP contribution in [0, 0.1) is 19.3 Å². The van der Waals surface area contributed by atoms with Crippen molar-refractivity contribution in [2.24, 2.45) is 0 Å². The summed E-state index contributed by atoms with van der Waals surface area (Å²) in [6.07, 6.45) is 19.1. The van der Waals surface area contributed by atoms with E-state index in [1.54, 1.807) is 6.20 Å². The molecule has 1 aliphatic rings. The van der Waals surface area contributed by atoms with E-state index in [0.29, 0.717) is 6.04 Å². The van der Waals surface area contributed by atoms with Crippen molar-refractivity contribution in [1.82, 2.24) is 4.90 Å². The highest BCUT2D eigenvalue weighted by Gasteiger charge is 2.28. The second kappa shape index (κ2) is 20.7. The van der Waals surface area contributed by atoms with Crippen LogP contribution in [0.2, 0.25) is 0 Å². The van der Waals surface area contributed by atoms with Crippen molar-refractivity contribution < 1.29 is 0 Å². The number of hydrogen-bond acceptors (Lipinski definition) is 3. The molecule has 3 aromatic rings. The van der Waals surface area contributed by atoms with Gasteiger partial charge >= 0.3 is 0 Å². The molecule has 0 radical (unpaired) electrons. The molecule has 3 aromatic carbocycles. The zero-order chi connectivity index (χ0) is 35.6. The number of rotatable bonds is 13. The lowest BCUT2D eigenvalue weighted by atomic mass is 9.89. The highest BCUT2D eigenvalue weighted by atomic mass is 15.2. The van der Waals surface area contributed by atoms with E-state index in [1.807, 2.05) is 13.1 Å². The molecule has 0 spiro atoms. The first kappa shape index (κ1) is 39.7. The maximum absolute atomic E-state index is 5.49. The molecule has 1 atom stereocenters. The summed E-state index contributed by atoms with van der Waals surface area (Å²) < 4.78 is 0. The third kappa shape index (κ3) is 11.0. The monoisotopic (exact) mass is 641 g/mol. The quantitative estimate of drug-likeness (QED) is 0.110. The molecule has 1 unspecified atom stereocenters. The summed E-state index contributed by atoms with van der Waals surface area (Å²) in [5.74, 6) is 2.73. The van der Waals surface area contributed by atoms with Gasteiger partial charge in [-0.1, -0.05) is 87.4 Å². The van der Waals surface area contributed by atoms with Crippen LogP contribution in [0.3, 0.4) is 0 Å². The first-order chi connectivity index (χ1) is 23.2. The Hall–Kier alpha value is -4.52. The summed E-state index contributed by atoms with van der Waals surface area (Å²) in [6.45, 7) is 29.1. The minimum Gasteiger partial charge on any atom is -0.386 e. The molecule has 1 aliphatic heterocycles. The highest BCUT2D eigenvalue weighted by molar-refractivity contribution is 5.71. The van der Waals surface area contributed by atoms with Crippen LogP contribution in [0.4, 0.5) is 11.4 Å². The second-order valence-corrected chi connectivity index (χ2v) is 12.3. The van der Waals surface area contributed by atoms with E-state index in [2.05, 4.69) is 150 Å².